The van der Waals surface area contributed by atoms with E-state index in [1.54, 1.807) is 37.4 Å². The number of aromatic nitrogens is 3. The molecular weight excluding hydrogens is 266 g/mol. The minimum atomic E-state index is -0.810. The molecule has 2 rings (SSSR count). The normalized spacial score (nSPS) is 10.4. The molecule has 0 bridgehead atoms. The van der Waals surface area contributed by atoms with Gasteiger partial charge in [0.1, 0.15) is 5.75 Å². The summed E-state index contributed by atoms with van der Waals surface area (Å²) >= 11 is 1.38. The van der Waals surface area contributed by atoms with Crippen molar-refractivity contribution in [1.29, 1.82) is 0 Å². The summed E-state index contributed by atoms with van der Waals surface area (Å²) < 4.78 is 7.11. The quantitative estimate of drug-likeness (QED) is 0.801. The Morgan fingerprint density at radius 3 is 2.68 bits per heavy atom. The van der Waals surface area contributed by atoms with Crippen molar-refractivity contribution in [1.82, 2.24) is 14.3 Å². The number of carbonyl (C=O) groups excluding carboxylic acids is 1. The first kappa shape index (κ1) is 13.4. The van der Waals surface area contributed by atoms with Crippen LogP contribution in [-0.2, 0) is 7.05 Å². The van der Waals surface area contributed by atoms with Crippen molar-refractivity contribution in [2.45, 2.75) is 12.1 Å². The number of hydrogen-bond acceptors (Lipinski definition) is 5. The van der Waals surface area contributed by atoms with E-state index in [1.165, 1.54) is 16.3 Å². The van der Waals surface area contributed by atoms with Gasteiger partial charge in [-0.2, -0.15) is 0 Å². The molecule has 1 heterocycles. The van der Waals surface area contributed by atoms with Gasteiger partial charge in [-0.1, -0.05) is 36.9 Å². The van der Waals surface area contributed by atoms with Gasteiger partial charge in [0.15, 0.2) is 5.16 Å². The Morgan fingerprint density at radius 1 is 1.37 bits per heavy atom. The van der Waals surface area contributed by atoms with Gasteiger partial charge in [-0.15, -0.1) is 9.78 Å². The van der Waals surface area contributed by atoms with Crippen LogP contribution in [-0.4, -0.2) is 26.2 Å². The summed E-state index contributed by atoms with van der Waals surface area (Å²) in [4.78, 5) is 23.7. The van der Waals surface area contributed by atoms with Crippen LogP contribution in [0.2, 0.25) is 0 Å². The predicted octanol–water partition coefficient (Wildman–Crippen LogP) is 1.74. The third-order valence-electron chi connectivity index (χ3n) is 2.34. The van der Waals surface area contributed by atoms with Crippen LogP contribution in [0.5, 0.6) is 5.75 Å². The zero-order chi connectivity index (χ0) is 13.8. The topological polar surface area (TPSA) is 66.1 Å². The second kappa shape index (κ2) is 5.75. The Hall–Kier alpha value is -2.02. The lowest BCUT2D eigenvalue weighted by Crippen LogP contribution is -2.31. The van der Waals surface area contributed by atoms with E-state index in [4.69, 9.17) is 4.74 Å². The fraction of sp³-hybridized carbons (Fsp3) is 0.250. The van der Waals surface area contributed by atoms with Crippen molar-refractivity contribution < 1.29 is 9.53 Å². The highest BCUT2D eigenvalue weighted by Crippen LogP contribution is 2.12. The van der Waals surface area contributed by atoms with Gasteiger partial charge in [0.2, 0.25) is 0 Å². The Morgan fingerprint density at radius 2 is 2.05 bits per heavy atom. The number of para-hydroxylation sites is 1. The van der Waals surface area contributed by atoms with E-state index < -0.39 is 11.8 Å². The molecule has 6 nitrogen and oxygen atoms in total. The molecule has 0 fully saturated rings. The van der Waals surface area contributed by atoms with Gasteiger partial charge in [0.05, 0.1) is 0 Å². The van der Waals surface area contributed by atoms with Crippen molar-refractivity contribution in [2.24, 2.45) is 7.05 Å². The maximum absolute atomic E-state index is 11.9. The fourth-order valence-electron chi connectivity index (χ4n) is 1.43. The van der Waals surface area contributed by atoms with Crippen LogP contribution < -0.4 is 10.4 Å². The molecule has 100 valence electrons. The highest BCUT2D eigenvalue weighted by molar-refractivity contribution is 7.99. The maximum atomic E-state index is 11.9. The van der Waals surface area contributed by atoms with Crippen LogP contribution in [0.15, 0.2) is 40.3 Å². The van der Waals surface area contributed by atoms with Crippen LogP contribution in [0, 0.1) is 0 Å². The van der Waals surface area contributed by atoms with Crippen LogP contribution >= 0.6 is 11.8 Å². The van der Waals surface area contributed by atoms with E-state index in [9.17, 15) is 9.59 Å². The Bertz CT molecular complexity index is 633. The largest absolute Gasteiger partial charge is 0.444 e. The molecule has 0 atom stereocenters. The third-order valence-corrected chi connectivity index (χ3v) is 3.24. The minimum absolute atomic E-state index is 0.370. The molecule has 19 heavy (non-hydrogen) atoms. The second-order valence-corrected chi connectivity index (χ2v) is 4.88. The first-order valence-corrected chi connectivity index (χ1v) is 6.68. The zero-order valence-corrected chi connectivity index (χ0v) is 11.4. The highest BCUT2D eigenvalue weighted by atomic mass is 32.2. The molecular formula is C12H13N3O3S. The van der Waals surface area contributed by atoms with E-state index in [-0.39, 0.29) is 0 Å². The standard InChI is InChI=1S/C12H13N3O3S/c1-3-19-10-13-15(11(16)14(10)2)12(17)18-9-7-5-4-6-8-9/h4-8H,3H2,1-2H3. The molecule has 1 aromatic heterocycles. The SMILES string of the molecule is CCSc1nn(C(=O)Oc2ccccc2)c(=O)n1C. The van der Waals surface area contributed by atoms with E-state index in [0.29, 0.717) is 10.9 Å². The molecule has 0 saturated heterocycles. The van der Waals surface area contributed by atoms with Crippen molar-refractivity contribution in [3.8, 4) is 5.75 Å². The molecule has 0 aliphatic carbocycles. The first-order valence-electron chi connectivity index (χ1n) is 5.69. The predicted molar refractivity (Wildman–Crippen MR) is 71.7 cm³/mol. The molecule has 7 heteroatoms. The molecule has 1 aromatic carbocycles. The molecule has 0 unspecified atom stereocenters. The fourth-order valence-corrected chi connectivity index (χ4v) is 2.09. The molecule has 0 spiro atoms. The van der Waals surface area contributed by atoms with Crippen LogP contribution in [0.3, 0.4) is 0 Å². The maximum Gasteiger partial charge on any atom is 0.444 e. The summed E-state index contributed by atoms with van der Waals surface area (Å²) in [6.45, 7) is 1.94. The zero-order valence-electron chi connectivity index (χ0n) is 10.6. The van der Waals surface area contributed by atoms with Gasteiger partial charge >= 0.3 is 11.8 Å². The summed E-state index contributed by atoms with van der Waals surface area (Å²) in [6, 6.07) is 8.55. The number of benzene rings is 1. The average molecular weight is 279 g/mol. The van der Waals surface area contributed by atoms with Gasteiger partial charge < -0.3 is 4.74 Å². The molecule has 0 amide bonds. The number of thioether (sulfide) groups is 1. The lowest BCUT2D eigenvalue weighted by molar-refractivity contribution is 0.197. The average Bonchev–Trinajstić information content (AvgIpc) is 2.69. The van der Waals surface area contributed by atoms with E-state index in [2.05, 4.69) is 5.10 Å². The minimum Gasteiger partial charge on any atom is -0.409 e. The molecule has 0 aliphatic heterocycles. The number of hydrogen-bond donors (Lipinski definition) is 0. The summed E-state index contributed by atoms with van der Waals surface area (Å²) in [5.41, 5.74) is -0.517. The molecule has 0 aliphatic rings. The second-order valence-electron chi connectivity index (χ2n) is 3.65. The van der Waals surface area contributed by atoms with Crippen molar-refractivity contribution in [3.05, 3.63) is 40.8 Å². The van der Waals surface area contributed by atoms with Gasteiger partial charge in [-0.05, 0) is 17.9 Å². The molecule has 0 radical (unpaired) electrons. The van der Waals surface area contributed by atoms with Crippen LogP contribution in [0.1, 0.15) is 6.92 Å². The Balaban J connectivity index is 2.25. The number of ether oxygens (including phenoxy) is 1. The van der Waals surface area contributed by atoms with Gasteiger partial charge in [0.25, 0.3) is 0 Å². The lowest BCUT2D eigenvalue weighted by atomic mass is 10.3. The Labute approximate surface area is 114 Å². The van der Waals surface area contributed by atoms with Crippen molar-refractivity contribution in [3.63, 3.8) is 0 Å². The molecule has 0 N–H and O–H groups in total. The van der Waals surface area contributed by atoms with Crippen molar-refractivity contribution in [2.75, 3.05) is 5.75 Å². The number of rotatable bonds is 3. The van der Waals surface area contributed by atoms with E-state index in [1.807, 2.05) is 6.92 Å². The monoisotopic (exact) mass is 279 g/mol. The van der Waals surface area contributed by atoms with E-state index in [0.717, 1.165) is 10.4 Å². The molecule has 2 aromatic rings. The van der Waals surface area contributed by atoms with E-state index >= 15 is 0 Å². The summed E-state index contributed by atoms with van der Waals surface area (Å²) in [6.07, 6.45) is -0.810. The summed E-state index contributed by atoms with van der Waals surface area (Å²) in [5, 5.41) is 4.43. The first-order chi connectivity index (χ1) is 9.13. The lowest BCUT2D eigenvalue weighted by Gasteiger charge is -2.01. The van der Waals surface area contributed by atoms with Crippen LogP contribution in [0.25, 0.3) is 0 Å². The third kappa shape index (κ3) is 2.87. The summed E-state index contributed by atoms with van der Waals surface area (Å²) in [5.74, 6) is 1.13. The summed E-state index contributed by atoms with van der Waals surface area (Å²) in [7, 11) is 1.57. The van der Waals surface area contributed by atoms with Crippen LogP contribution in [0.4, 0.5) is 4.79 Å². The molecule has 0 saturated carbocycles. The highest BCUT2D eigenvalue weighted by Gasteiger charge is 2.17. The van der Waals surface area contributed by atoms with Gasteiger partial charge in [-0.3, -0.25) is 4.57 Å². The van der Waals surface area contributed by atoms with Gasteiger partial charge in [0, 0.05) is 7.05 Å². The van der Waals surface area contributed by atoms with Gasteiger partial charge in [-0.25, -0.2) is 9.59 Å². The number of carbonyl (C=O) groups is 1. The Kier molecular flexibility index (Phi) is 4.06. The number of nitrogens with zero attached hydrogens (tertiary/aromatic N) is 3. The van der Waals surface area contributed by atoms with Crippen molar-refractivity contribution >= 4 is 17.9 Å². The smallest absolute Gasteiger partial charge is 0.409 e.